The first-order valence-electron chi connectivity index (χ1n) is 7.26. The molecule has 1 aromatic carbocycles. The van der Waals surface area contributed by atoms with Gasteiger partial charge in [-0.3, -0.25) is 9.20 Å². The van der Waals surface area contributed by atoms with Crippen LogP contribution in [0.25, 0.3) is 10.6 Å². The van der Waals surface area contributed by atoms with Crippen molar-refractivity contribution in [1.29, 1.82) is 0 Å². The maximum absolute atomic E-state index is 13.4. The Morgan fingerprint density at radius 2 is 2.20 bits per heavy atom. The van der Waals surface area contributed by atoms with E-state index in [1.54, 1.807) is 16.5 Å². The highest BCUT2D eigenvalue weighted by molar-refractivity contribution is 7.98. The molecule has 0 saturated carbocycles. The quantitative estimate of drug-likeness (QED) is 0.511. The molecular weight excluding hydrogens is 363 g/mol. The second-order valence-electron chi connectivity index (χ2n) is 5.22. The van der Waals surface area contributed by atoms with Crippen molar-refractivity contribution in [3.05, 3.63) is 63.3 Å². The number of aromatic nitrogens is 6. The number of hydrogen-bond acceptors (Lipinski definition) is 7. The largest absolute Gasteiger partial charge is 0.269 e. The number of hydrogen-bond donors (Lipinski definition) is 0. The fourth-order valence-electron chi connectivity index (χ4n) is 2.35. The number of thioether (sulfide) groups is 1. The van der Waals surface area contributed by atoms with Crippen molar-refractivity contribution >= 4 is 28.1 Å². The predicted molar refractivity (Wildman–Crippen MR) is 92.7 cm³/mol. The Morgan fingerprint density at radius 3 is 3.04 bits per heavy atom. The molecule has 0 saturated heterocycles. The van der Waals surface area contributed by atoms with Gasteiger partial charge in [0.1, 0.15) is 5.82 Å². The molecular formula is C15H11FN6OS2. The van der Waals surface area contributed by atoms with Crippen LogP contribution in [-0.2, 0) is 5.75 Å². The third-order valence-corrected chi connectivity index (χ3v) is 5.37. The van der Waals surface area contributed by atoms with E-state index < -0.39 is 0 Å². The third kappa shape index (κ3) is 3.05. The SMILES string of the molecule is Cc1csc2nc(CSc3nnnn3-c3cccc(F)c3)cc(=O)n12. The second kappa shape index (κ2) is 6.37. The number of tetrazole rings is 1. The van der Waals surface area contributed by atoms with Gasteiger partial charge in [-0.2, -0.15) is 4.68 Å². The van der Waals surface area contributed by atoms with Gasteiger partial charge in [-0.1, -0.05) is 17.8 Å². The van der Waals surface area contributed by atoms with Crippen LogP contribution in [0.5, 0.6) is 0 Å². The molecule has 10 heteroatoms. The van der Waals surface area contributed by atoms with E-state index in [4.69, 9.17) is 0 Å². The Hall–Kier alpha value is -2.59. The van der Waals surface area contributed by atoms with E-state index in [0.29, 0.717) is 27.3 Å². The van der Waals surface area contributed by atoms with E-state index in [1.807, 2.05) is 12.3 Å². The number of halogens is 1. The van der Waals surface area contributed by atoms with Gasteiger partial charge in [0.15, 0.2) is 4.96 Å². The van der Waals surface area contributed by atoms with Gasteiger partial charge in [0, 0.05) is 22.9 Å². The smallest absolute Gasteiger partial charge is 0.258 e. The number of aryl methyl sites for hydroxylation is 1. The predicted octanol–water partition coefficient (Wildman–Crippen LogP) is 2.47. The van der Waals surface area contributed by atoms with Crippen molar-refractivity contribution in [2.45, 2.75) is 17.8 Å². The van der Waals surface area contributed by atoms with E-state index in [0.717, 1.165) is 5.69 Å². The van der Waals surface area contributed by atoms with Crippen LogP contribution in [0.15, 0.2) is 45.7 Å². The van der Waals surface area contributed by atoms with Crippen LogP contribution in [0.1, 0.15) is 11.4 Å². The number of thiazole rings is 1. The fraction of sp³-hybridized carbons (Fsp3) is 0.133. The van der Waals surface area contributed by atoms with E-state index in [1.165, 1.54) is 46.0 Å². The summed E-state index contributed by atoms with van der Waals surface area (Å²) < 4.78 is 16.4. The summed E-state index contributed by atoms with van der Waals surface area (Å²) in [6, 6.07) is 7.53. The molecule has 0 bridgehead atoms. The van der Waals surface area contributed by atoms with Gasteiger partial charge >= 0.3 is 0 Å². The Labute approximate surface area is 149 Å². The van der Waals surface area contributed by atoms with Crippen LogP contribution in [-0.4, -0.2) is 29.6 Å². The minimum atomic E-state index is -0.364. The number of benzene rings is 1. The van der Waals surface area contributed by atoms with Gasteiger partial charge in [-0.15, -0.1) is 16.4 Å². The number of rotatable bonds is 4. The molecule has 3 heterocycles. The van der Waals surface area contributed by atoms with Crippen molar-refractivity contribution in [3.63, 3.8) is 0 Å². The van der Waals surface area contributed by atoms with Gasteiger partial charge < -0.3 is 0 Å². The lowest BCUT2D eigenvalue weighted by atomic mass is 10.3. The maximum atomic E-state index is 13.4. The van der Waals surface area contributed by atoms with Crippen LogP contribution in [0.4, 0.5) is 4.39 Å². The minimum absolute atomic E-state index is 0.107. The molecule has 0 spiro atoms. The molecule has 3 aromatic heterocycles. The van der Waals surface area contributed by atoms with Crippen molar-refractivity contribution in [3.8, 4) is 5.69 Å². The first-order chi connectivity index (χ1) is 12.1. The first kappa shape index (κ1) is 15.9. The van der Waals surface area contributed by atoms with Crippen molar-refractivity contribution in [1.82, 2.24) is 29.6 Å². The molecule has 0 amide bonds. The summed E-state index contributed by atoms with van der Waals surface area (Å²) in [5.41, 5.74) is 1.94. The zero-order chi connectivity index (χ0) is 17.4. The van der Waals surface area contributed by atoms with Crippen molar-refractivity contribution < 1.29 is 4.39 Å². The second-order valence-corrected chi connectivity index (χ2v) is 7.00. The molecule has 0 fully saturated rings. The van der Waals surface area contributed by atoms with Crippen molar-refractivity contribution in [2.24, 2.45) is 0 Å². The molecule has 7 nitrogen and oxygen atoms in total. The highest BCUT2D eigenvalue weighted by Crippen LogP contribution is 2.22. The Kier molecular flexibility index (Phi) is 4.06. The van der Waals surface area contributed by atoms with Crippen LogP contribution < -0.4 is 5.56 Å². The lowest BCUT2D eigenvalue weighted by Gasteiger charge is -2.04. The third-order valence-electron chi connectivity index (χ3n) is 3.47. The monoisotopic (exact) mass is 374 g/mol. The molecule has 0 aliphatic carbocycles. The highest BCUT2D eigenvalue weighted by Gasteiger charge is 2.12. The molecule has 0 radical (unpaired) electrons. The summed E-state index contributed by atoms with van der Waals surface area (Å²) in [5, 5.41) is 13.9. The molecule has 0 atom stereocenters. The molecule has 126 valence electrons. The zero-order valence-corrected chi connectivity index (χ0v) is 14.6. The zero-order valence-electron chi connectivity index (χ0n) is 13.0. The van der Waals surface area contributed by atoms with Gasteiger partial charge in [0.2, 0.25) is 5.16 Å². The summed E-state index contributed by atoms with van der Waals surface area (Å²) in [7, 11) is 0. The molecule has 0 aliphatic heterocycles. The molecule has 4 rings (SSSR count). The Balaban J connectivity index is 1.61. The summed E-state index contributed by atoms with van der Waals surface area (Å²) in [4.78, 5) is 17.4. The average Bonchev–Trinajstić information content (AvgIpc) is 3.20. The van der Waals surface area contributed by atoms with Gasteiger partial charge in [-0.25, -0.2) is 9.37 Å². The molecule has 0 aliphatic rings. The summed E-state index contributed by atoms with van der Waals surface area (Å²) in [5.74, 6) is 0.0652. The maximum Gasteiger partial charge on any atom is 0.258 e. The normalized spacial score (nSPS) is 11.3. The van der Waals surface area contributed by atoms with Gasteiger partial charge in [0.25, 0.3) is 5.56 Å². The molecule has 0 unspecified atom stereocenters. The van der Waals surface area contributed by atoms with E-state index in [9.17, 15) is 9.18 Å². The van der Waals surface area contributed by atoms with Gasteiger partial charge in [-0.05, 0) is 35.5 Å². The summed E-state index contributed by atoms with van der Waals surface area (Å²) in [6.45, 7) is 1.87. The minimum Gasteiger partial charge on any atom is -0.269 e. The standard InChI is InChI=1S/C15H11FN6OS2/c1-9-7-24-14-17-11(6-13(23)21(9)14)8-25-15-18-19-20-22(15)12-4-2-3-10(16)5-12/h2-7H,8H2,1H3. The fourth-order valence-corrected chi connectivity index (χ4v) is 4.03. The van der Waals surface area contributed by atoms with E-state index >= 15 is 0 Å². The van der Waals surface area contributed by atoms with Crippen molar-refractivity contribution in [2.75, 3.05) is 0 Å². The average molecular weight is 374 g/mol. The Morgan fingerprint density at radius 1 is 1.32 bits per heavy atom. The summed E-state index contributed by atoms with van der Waals surface area (Å²) >= 11 is 2.75. The van der Waals surface area contributed by atoms with Crippen LogP contribution in [0.3, 0.4) is 0 Å². The summed E-state index contributed by atoms with van der Waals surface area (Å²) in [6.07, 6.45) is 0. The topological polar surface area (TPSA) is 78.0 Å². The van der Waals surface area contributed by atoms with Crippen LogP contribution in [0.2, 0.25) is 0 Å². The highest BCUT2D eigenvalue weighted by atomic mass is 32.2. The van der Waals surface area contributed by atoms with E-state index in [-0.39, 0.29) is 11.4 Å². The number of nitrogens with zero attached hydrogens (tertiary/aromatic N) is 6. The number of fused-ring (bicyclic) bond motifs is 1. The van der Waals surface area contributed by atoms with Crippen LogP contribution >= 0.6 is 23.1 Å². The van der Waals surface area contributed by atoms with Crippen LogP contribution in [0, 0.1) is 12.7 Å². The lowest BCUT2D eigenvalue weighted by molar-refractivity contribution is 0.623. The van der Waals surface area contributed by atoms with Gasteiger partial charge in [0.05, 0.1) is 11.4 Å². The van der Waals surface area contributed by atoms with E-state index in [2.05, 4.69) is 20.5 Å². The first-order valence-corrected chi connectivity index (χ1v) is 9.12. The molecule has 0 N–H and O–H groups in total. The lowest BCUT2D eigenvalue weighted by Crippen LogP contribution is -2.14. The Bertz CT molecular complexity index is 1120. The molecule has 25 heavy (non-hydrogen) atoms. The molecule has 4 aromatic rings.